The number of hydrogen-bond donors (Lipinski definition) is 1. The van der Waals surface area contributed by atoms with Crippen molar-refractivity contribution in [2.45, 2.75) is 31.6 Å². The molecule has 0 radical (unpaired) electrons. The van der Waals surface area contributed by atoms with Crippen molar-refractivity contribution in [2.24, 2.45) is 0 Å². The van der Waals surface area contributed by atoms with Crippen LogP contribution in [0.15, 0.2) is 55.0 Å². The molecule has 1 fully saturated rings. The fourth-order valence-corrected chi connectivity index (χ4v) is 4.44. The molecule has 1 aliphatic rings. The van der Waals surface area contributed by atoms with E-state index in [9.17, 15) is 17.5 Å². The molecule has 0 aliphatic heterocycles. The molecule has 1 N–H and O–H groups in total. The molecule has 10 heteroatoms. The third-order valence-electron chi connectivity index (χ3n) is 5.72. The maximum Gasteiger partial charge on any atom is 0.274 e. The molecule has 0 spiro atoms. The normalized spacial score (nSPS) is 15.6. The van der Waals surface area contributed by atoms with Crippen molar-refractivity contribution in [1.29, 1.82) is 0 Å². The van der Waals surface area contributed by atoms with Crippen LogP contribution in [-0.4, -0.2) is 30.2 Å². The van der Waals surface area contributed by atoms with Crippen molar-refractivity contribution in [1.82, 2.24) is 18.3 Å². The highest BCUT2D eigenvalue weighted by molar-refractivity contribution is 7.92. The zero-order valence-corrected chi connectivity index (χ0v) is 17.7. The number of hydrogen-bond acceptors (Lipinski definition) is 4. The van der Waals surface area contributed by atoms with Crippen LogP contribution >= 0.6 is 12.3 Å². The van der Waals surface area contributed by atoms with Gasteiger partial charge in [-0.05, 0) is 30.7 Å². The van der Waals surface area contributed by atoms with E-state index in [0.29, 0.717) is 34.1 Å². The Morgan fingerprint density at radius 2 is 2.00 bits per heavy atom. The summed E-state index contributed by atoms with van der Waals surface area (Å²) in [5.74, 6) is -3.19. The lowest BCUT2D eigenvalue weighted by Gasteiger charge is -2.34. The lowest BCUT2D eigenvalue weighted by molar-refractivity contribution is -0.0877. The molecule has 32 heavy (non-hydrogen) atoms. The molecule has 0 bridgehead atoms. The van der Waals surface area contributed by atoms with Crippen molar-refractivity contribution in [2.75, 3.05) is 5.32 Å². The van der Waals surface area contributed by atoms with Crippen molar-refractivity contribution < 1.29 is 17.5 Å². The summed E-state index contributed by atoms with van der Waals surface area (Å²) in [6, 6.07) is 10.7. The summed E-state index contributed by atoms with van der Waals surface area (Å²) < 4.78 is 43.3. The molecule has 164 valence electrons. The molecule has 1 amide bonds. The molecule has 3 aromatic heterocycles. The minimum Gasteiger partial charge on any atom is -0.320 e. The van der Waals surface area contributed by atoms with E-state index in [-0.39, 0.29) is 31.1 Å². The number of fused-ring (bicyclic) bond motifs is 1. The summed E-state index contributed by atoms with van der Waals surface area (Å²) in [4.78, 5) is 21.4. The van der Waals surface area contributed by atoms with Crippen LogP contribution in [0, 0.1) is 6.92 Å². The van der Waals surface area contributed by atoms with Crippen molar-refractivity contribution >= 4 is 29.6 Å². The average Bonchev–Trinajstić information content (AvgIpc) is 3.37. The molecule has 4 aromatic rings. The first-order valence-corrected chi connectivity index (χ1v) is 10.6. The van der Waals surface area contributed by atoms with E-state index in [4.69, 9.17) is 0 Å². The standard InChI is InChI=1S/C22H18F3N5OS/c1-13-5-6-14(20-27-11-17(30(20)32-25)15-9-22(23,24)10-15)8-16(13)28-21(31)18-12-26-19-4-2-3-7-29(18)19/h2-8,11-12,15H,9-10H2,1H3,(H,28,31). The molecule has 1 aliphatic carbocycles. The largest absolute Gasteiger partial charge is 0.320 e. The Morgan fingerprint density at radius 3 is 2.75 bits per heavy atom. The van der Waals surface area contributed by atoms with Gasteiger partial charge in [-0.2, -0.15) is 0 Å². The Bertz CT molecular complexity index is 1320. The molecule has 6 nitrogen and oxygen atoms in total. The molecule has 0 saturated heterocycles. The van der Waals surface area contributed by atoms with E-state index in [1.807, 2.05) is 13.0 Å². The van der Waals surface area contributed by atoms with Crippen LogP contribution in [-0.2, 0) is 0 Å². The highest BCUT2D eigenvalue weighted by Crippen LogP contribution is 2.49. The van der Waals surface area contributed by atoms with Crippen LogP contribution in [0.1, 0.15) is 40.5 Å². The van der Waals surface area contributed by atoms with Crippen LogP contribution in [0.3, 0.4) is 0 Å². The molecule has 3 heterocycles. The Kier molecular flexibility index (Phi) is 4.96. The van der Waals surface area contributed by atoms with Gasteiger partial charge < -0.3 is 5.32 Å². The molecule has 1 saturated carbocycles. The number of carbonyl (C=O) groups excluding carboxylic acids is 1. The van der Waals surface area contributed by atoms with Gasteiger partial charge in [0.1, 0.15) is 11.3 Å². The van der Waals surface area contributed by atoms with Gasteiger partial charge in [0.15, 0.2) is 18.2 Å². The first-order chi connectivity index (χ1) is 15.4. The van der Waals surface area contributed by atoms with Gasteiger partial charge in [-0.25, -0.2) is 22.7 Å². The summed E-state index contributed by atoms with van der Waals surface area (Å²) >= 11 is -0.0650. The van der Waals surface area contributed by atoms with Crippen molar-refractivity contribution in [3.8, 4) is 11.4 Å². The fraction of sp³-hybridized carbons (Fsp3) is 0.227. The summed E-state index contributed by atoms with van der Waals surface area (Å²) in [5.41, 5.74) is 3.36. The number of nitrogens with one attached hydrogen (secondary N) is 1. The first-order valence-electron chi connectivity index (χ1n) is 9.95. The third-order valence-corrected chi connectivity index (χ3v) is 6.24. The van der Waals surface area contributed by atoms with Crippen LogP contribution in [0.5, 0.6) is 0 Å². The zero-order chi connectivity index (χ0) is 22.5. The molecule has 0 unspecified atom stereocenters. The number of anilines is 1. The quantitative estimate of drug-likeness (QED) is 0.421. The van der Waals surface area contributed by atoms with Crippen LogP contribution < -0.4 is 5.32 Å². The summed E-state index contributed by atoms with van der Waals surface area (Å²) in [6.07, 6.45) is 4.07. The van der Waals surface area contributed by atoms with Gasteiger partial charge in [0.2, 0.25) is 5.92 Å². The van der Waals surface area contributed by atoms with Gasteiger partial charge in [0, 0.05) is 36.2 Å². The van der Waals surface area contributed by atoms with Gasteiger partial charge in [0.05, 0.1) is 18.1 Å². The first kappa shape index (κ1) is 20.6. The number of imidazole rings is 2. The van der Waals surface area contributed by atoms with E-state index in [0.717, 1.165) is 5.56 Å². The van der Waals surface area contributed by atoms with Gasteiger partial charge in [-0.3, -0.25) is 9.20 Å². The Morgan fingerprint density at radius 1 is 1.19 bits per heavy atom. The second-order valence-electron chi connectivity index (χ2n) is 7.89. The van der Waals surface area contributed by atoms with Gasteiger partial charge in [0.25, 0.3) is 5.91 Å². The number of amides is 1. The van der Waals surface area contributed by atoms with Gasteiger partial charge >= 0.3 is 0 Å². The minimum atomic E-state index is -2.71. The number of nitrogens with zero attached hydrogens (tertiary/aromatic N) is 4. The third kappa shape index (κ3) is 3.54. The molecular weight excluding hydrogens is 439 g/mol. The van der Waals surface area contributed by atoms with E-state index in [1.54, 1.807) is 40.9 Å². The van der Waals surface area contributed by atoms with Gasteiger partial charge in [-0.15, -0.1) is 3.89 Å². The predicted molar refractivity (Wildman–Crippen MR) is 117 cm³/mol. The maximum atomic E-state index is 13.8. The number of alkyl halides is 2. The lowest BCUT2D eigenvalue weighted by atomic mass is 9.79. The minimum absolute atomic E-state index is 0.0650. The number of aryl methyl sites for hydroxylation is 1. The Hall–Kier alpha value is -3.27. The molecular formula is C22H18F3N5OS. The topological polar surface area (TPSA) is 64.2 Å². The monoisotopic (exact) mass is 457 g/mol. The number of carbonyl (C=O) groups is 1. The van der Waals surface area contributed by atoms with Crippen molar-refractivity contribution in [3.05, 3.63) is 71.9 Å². The second-order valence-corrected chi connectivity index (χ2v) is 8.39. The average molecular weight is 457 g/mol. The Balaban J connectivity index is 1.44. The summed E-state index contributed by atoms with van der Waals surface area (Å²) in [6.45, 7) is 1.84. The van der Waals surface area contributed by atoms with E-state index in [2.05, 4.69) is 15.3 Å². The zero-order valence-electron chi connectivity index (χ0n) is 16.9. The van der Waals surface area contributed by atoms with Crippen LogP contribution in [0.2, 0.25) is 0 Å². The molecule has 0 atom stereocenters. The molecule has 5 rings (SSSR count). The van der Waals surface area contributed by atoms with Crippen LogP contribution in [0.4, 0.5) is 18.4 Å². The molecule has 1 aromatic carbocycles. The van der Waals surface area contributed by atoms with Crippen molar-refractivity contribution in [3.63, 3.8) is 0 Å². The SMILES string of the molecule is Cc1ccc(-c2ncc(C3CC(F)(F)C3)n2SF)cc1NC(=O)c1cnc2ccccn12. The smallest absolute Gasteiger partial charge is 0.274 e. The number of rotatable bonds is 5. The maximum absolute atomic E-state index is 13.8. The number of pyridine rings is 1. The predicted octanol–water partition coefficient (Wildman–Crippen LogP) is 5.65. The van der Waals surface area contributed by atoms with E-state index in [1.165, 1.54) is 16.4 Å². The number of halogens is 3. The summed E-state index contributed by atoms with van der Waals surface area (Å²) in [5, 5.41) is 2.88. The highest BCUT2D eigenvalue weighted by Gasteiger charge is 2.47. The van der Waals surface area contributed by atoms with E-state index < -0.39 is 11.8 Å². The highest BCUT2D eigenvalue weighted by atomic mass is 32.2. The van der Waals surface area contributed by atoms with Gasteiger partial charge in [-0.1, -0.05) is 18.2 Å². The van der Waals surface area contributed by atoms with Crippen LogP contribution in [0.25, 0.3) is 17.0 Å². The second kappa shape index (κ2) is 7.70. The fourth-order valence-electron chi connectivity index (χ4n) is 3.94. The Labute approximate surface area is 185 Å². The van der Waals surface area contributed by atoms with E-state index >= 15 is 0 Å². The number of benzene rings is 1. The lowest BCUT2D eigenvalue weighted by Crippen LogP contribution is -2.34. The number of aromatic nitrogens is 4. The summed E-state index contributed by atoms with van der Waals surface area (Å²) in [7, 11) is 0.